The number of halogens is 1. The predicted molar refractivity (Wildman–Crippen MR) is 132 cm³/mol. The van der Waals surface area contributed by atoms with Gasteiger partial charge in [-0.2, -0.15) is 0 Å². The molecule has 2 aromatic heterocycles. The van der Waals surface area contributed by atoms with Crippen LogP contribution in [0.1, 0.15) is 27.2 Å². The van der Waals surface area contributed by atoms with Crippen molar-refractivity contribution in [2.75, 3.05) is 31.1 Å². The van der Waals surface area contributed by atoms with Gasteiger partial charge >= 0.3 is 0 Å². The number of hydrogen-bond donors (Lipinski definition) is 0. The van der Waals surface area contributed by atoms with Gasteiger partial charge in [-0.05, 0) is 61.4 Å². The van der Waals surface area contributed by atoms with Crippen LogP contribution in [0, 0.1) is 13.8 Å². The highest BCUT2D eigenvalue weighted by Crippen LogP contribution is 2.28. The molecule has 0 bridgehead atoms. The molecule has 0 saturated carbocycles. The Morgan fingerprint density at radius 3 is 2.36 bits per heavy atom. The molecule has 5 rings (SSSR count). The predicted octanol–water partition coefficient (Wildman–Crippen LogP) is 4.71. The number of carbonyl (C=O) groups is 1. The molecule has 168 valence electrons. The van der Waals surface area contributed by atoms with E-state index in [0.29, 0.717) is 13.1 Å². The second kappa shape index (κ2) is 8.87. The molecule has 0 radical (unpaired) electrons. The monoisotopic (exact) mass is 459 g/mol. The molecule has 4 aromatic rings. The molecule has 2 aromatic carbocycles. The van der Waals surface area contributed by atoms with Crippen LogP contribution >= 0.6 is 11.6 Å². The average molecular weight is 460 g/mol. The van der Waals surface area contributed by atoms with Crippen LogP contribution in [-0.2, 0) is 6.54 Å². The molecule has 1 saturated heterocycles. The molecule has 1 aliphatic heterocycles. The zero-order valence-electron chi connectivity index (χ0n) is 18.8. The maximum atomic E-state index is 13.3. The number of hydrogen-bond acceptors (Lipinski definition) is 4. The first-order valence-electron chi connectivity index (χ1n) is 11.2. The minimum atomic E-state index is 0.0769. The summed E-state index contributed by atoms with van der Waals surface area (Å²) in [6.07, 6.45) is 3.50. The van der Waals surface area contributed by atoms with Crippen LogP contribution in [0.5, 0.6) is 0 Å². The molecule has 1 fully saturated rings. The van der Waals surface area contributed by atoms with Gasteiger partial charge in [0.25, 0.3) is 5.91 Å². The third-order valence-electron chi connectivity index (χ3n) is 6.54. The van der Waals surface area contributed by atoms with Gasteiger partial charge in [0.2, 0.25) is 5.95 Å². The van der Waals surface area contributed by atoms with E-state index in [-0.39, 0.29) is 5.91 Å². The van der Waals surface area contributed by atoms with Gasteiger partial charge in [-0.1, -0.05) is 23.7 Å². The fourth-order valence-electron chi connectivity index (χ4n) is 4.51. The molecule has 1 aliphatic rings. The first-order chi connectivity index (χ1) is 16.0. The molecule has 3 heterocycles. The van der Waals surface area contributed by atoms with Crippen molar-refractivity contribution >= 4 is 34.4 Å². The number of carbonyl (C=O) groups excluding carboxylic acids is 1. The highest BCUT2D eigenvalue weighted by molar-refractivity contribution is 6.30. The number of amides is 1. The van der Waals surface area contributed by atoms with Gasteiger partial charge in [-0.25, -0.2) is 9.97 Å². The van der Waals surface area contributed by atoms with Gasteiger partial charge in [0.15, 0.2) is 0 Å². The summed E-state index contributed by atoms with van der Waals surface area (Å²) in [5.41, 5.74) is 5.49. The molecule has 0 aliphatic carbocycles. The Kier molecular flexibility index (Phi) is 5.77. The summed E-state index contributed by atoms with van der Waals surface area (Å²) in [6, 6.07) is 15.8. The zero-order valence-corrected chi connectivity index (χ0v) is 19.6. The first-order valence-corrected chi connectivity index (χ1v) is 11.5. The first kappa shape index (κ1) is 21.5. The molecule has 0 unspecified atom stereocenters. The van der Waals surface area contributed by atoms with E-state index in [1.165, 1.54) is 16.8 Å². The zero-order chi connectivity index (χ0) is 22.9. The van der Waals surface area contributed by atoms with Crippen molar-refractivity contribution in [2.45, 2.75) is 20.4 Å². The smallest absolute Gasteiger partial charge is 0.253 e. The molecule has 7 heteroatoms. The molecule has 0 N–H and O–H groups in total. The quantitative estimate of drug-likeness (QED) is 0.443. The van der Waals surface area contributed by atoms with Crippen molar-refractivity contribution < 1.29 is 4.79 Å². The van der Waals surface area contributed by atoms with Gasteiger partial charge in [0.1, 0.15) is 0 Å². The second-order valence-electron chi connectivity index (χ2n) is 8.48. The Labute approximate surface area is 198 Å². The van der Waals surface area contributed by atoms with E-state index < -0.39 is 0 Å². The average Bonchev–Trinajstić information content (AvgIpc) is 3.10. The Bertz CT molecular complexity index is 1290. The normalized spacial score (nSPS) is 14.2. The Balaban J connectivity index is 1.36. The van der Waals surface area contributed by atoms with E-state index in [1.54, 1.807) is 12.4 Å². The largest absolute Gasteiger partial charge is 0.340 e. The topological polar surface area (TPSA) is 54.3 Å². The van der Waals surface area contributed by atoms with Crippen molar-refractivity contribution in [2.24, 2.45) is 0 Å². The number of benzene rings is 2. The minimum absolute atomic E-state index is 0.0769. The van der Waals surface area contributed by atoms with Gasteiger partial charge < -0.3 is 14.4 Å². The van der Waals surface area contributed by atoms with Crippen molar-refractivity contribution in [3.05, 3.63) is 88.3 Å². The fourth-order valence-corrected chi connectivity index (χ4v) is 4.63. The lowest BCUT2D eigenvalue weighted by molar-refractivity contribution is 0.0746. The third-order valence-corrected chi connectivity index (χ3v) is 6.79. The van der Waals surface area contributed by atoms with Crippen molar-refractivity contribution in [1.29, 1.82) is 0 Å². The van der Waals surface area contributed by atoms with Crippen molar-refractivity contribution in [3.8, 4) is 0 Å². The third kappa shape index (κ3) is 4.18. The summed E-state index contributed by atoms with van der Waals surface area (Å²) >= 11 is 6.04. The standard InChI is InChI=1S/C26H26ClN5O/c1-18-19(2)32(17-20-4-7-22(27)8-5-20)24-9-6-21(16-23(18)24)25(33)30-12-14-31(15-13-30)26-28-10-3-11-29-26/h3-11,16H,12-15,17H2,1-2H3. The maximum absolute atomic E-state index is 13.3. The van der Waals surface area contributed by atoms with Crippen molar-refractivity contribution in [3.63, 3.8) is 0 Å². The summed E-state index contributed by atoms with van der Waals surface area (Å²) in [4.78, 5) is 26.0. The number of anilines is 1. The maximum Gasteiger partial charge on any atom is 0.253 e. The van der Waals surface area contributed by atoms with E-state index in [2.05, 4.69) is 51.5 Å². The van der Waals surface area contributed by atoms with Crippen LogP contribution in [0.4, 0.5) is 5.95 Å². The lowest BCUT2D eigenvalue weighted by atomic mass is 10.1. The van der Waals surface area contributed by atoms with Gasteiger partial charge in [-0.3, -0.25) is 4.79 Å². The summed E-state index contributed by atoms with van der Waals surface area (Å²) in [5, 5.41) is 1.87. The number of nitrogens with zero attached hydrogens (tertiary/aromatic N) is 5. The number of piperazine rings is 1. The second-order valence-corrected chi connectivity index (χ2v) is 8.92. The lowest BCUT2D eigenvalue weighted by Crippen LogP contribution is -2.49. The van der Waals surface area contributed by atoms with Gasteiger partial charge in [0, 0.05) is 72.3 Å². The van der Waals surface area contributed by atoms with E-state index in [4.69, 9.17) is 11.6 Å². The number of aryl methyl sites for hydroxylation is 1. The molecular weight excluding hydrogens is 434 g/mol. The Hall–Kier alpha value is -3.38. The van der Waals surface area contributed by atoms with E-state index >= 15 is 0 Å². The Morgan fingerprint density at radius 1 is 0.970 bits per heavy atom. The van der Waals surface area contributed by atoms with Gasteiger partial charge in [-0.15, -0.1) is 0 Å². The molecule has 0 spiro atoms. The van der Waals surface area contributed by atoms with Gasteiger partial charge in [0.05, 0.1) is 0 Å². The molecular formula is C26H26ClN5O. The number of rotatable bonds is 4. The van der Waals surface area contributed by atoms with Crippen LogP contribution in [0.2, 0.25) is 5.02 Å². The molecule has 0 atom stereocenters. The molecule has 6 nitrogen and oxygen atoms in total. The summed E-state index contributed by atoms with van der Waals surface area (Å²) in [7, 11) is 0. The van der Waals surface area contributed by atoms with Crippen LogP contribution in [0.15, 0.2) is 60.9 Å². The van der Waals surface area contributed by atoms with Crippen LogP contribution in [-0.4, -0.2) is 51.5 Å². The van der Waals surface area contributed by atoms with Crippen LogP contribution in [0.3, 0.4) is 0 Å². The van der Waals surface area contributed by atoms with E-state index in [0.717, 1.165) is 47.1 Å². The van der Waals surface area contributed by atoms with E-state index in [9.17, 15) is 4.79 Å². The van der Waals surface area contributed by atoms with E-state index in [1.807, 2.05) is 35.2 Å². The summed E-state index contributed by atoms with van der Waals surface area (Å²) < 4.78 is 2.31. The SMILES string of the molecule is Cc1c(C)n(Cc2ccc(Cl)cc2)c2ccc(C(=O)N3CCN(c4ncccn4)CC3)cc12. The van der Waals surface area contributed by atoms with Crippen LogP contribution < -0.4 is 4.90 Å². The number of fused-ring (bicyclic) bond motifs is 1. The lowest BCUT2D eigenvalue weighted by Gasteiger charge is -2.34. The Morgan fingerprint density at radius 2 is 1.67 bits per heavy atom. The summed E-state index contributed by atoms with van der Waals surface area (Å²) in [6.45, 7) is 7.81. The van der Waals surface area contributed by atoms with Crippen LogP contribution in [0.25, 0.3) is 10.9 Å². The highest BCUT2D eigenvalue weighted by atomic mass is 35.5. The molecule has 1 amide bonds. The molecule has 33 heavy (non-hydrogen) atoms. The summed E-state index contributed by atoms with van der Waals surface area (Å²) in [5.74, 6) is 0.798. The highest BCUT2D eigenvalue weighted by Gasteiger charge is 2.24. The van der Waals surface area contributed by atoms with Crippen molar-refractivity contribution in [1.82, 2.24) is 19.4 Å². The number of aromatic nitrogens is 3. The fraction of sp³-hybridized carbons (Fsp3) is 0.269. The minimum Gasteiger partial charge on any atom is -0.340 e.